The molecule has 124 valence electrons. The summed E-state index contributed by atoms with van der Waals surface area (Å²) in [7, 11) is 2.51. The predicted octanol–water partition coefficient (Wildman–Crippen LogP) is 2.40. The highest BCUT2D eigenvalue weighted by Gasteiger charge is 2.45. The van der Waals surface area contributed by atoms with E-state index in [9.17, 15) is 14.4 Å². The molecule has 0 aromatic carbocycles. The number of carbonyl (C=O) groups is 3. The van der Waals surface area contributed by atoms with Gasteiger partial charge >= 0.3 is 11.9 Å². The molecule has 0 fully saturated rings. The van der Waals surface area contributed by atoms with Gasteiger partial charge in [0.05, 0.1) is 20.1 Å². The number of ketones is 1. The fraction of sp³-hybridized carbons (Fsp3) is 0.389. The molecule has 0 saturated carbocycles. The van der Waals surface area contributed by atoms with Crippen molar-refractivity contribution in [1.29, 1.82) is 0 Å². The summed E-state index contributed by atoms with van der Waals surface area (Å²) in [6, 6.07) is 0. The van der Waals surface area contributed by atoms with Gasteiger partial charge in [-0.1, -0.05) is 36.5 Å². The van der Waals surface area contributed by atoms with Crippen LogP contribution in [0.4, 0.5) is 0 Å². The summed E-state index contributed by atoms with van der Waals surface area (Å²) in [6.07, 6.45) is 11.7. The predicted molar refractivity (Wildman–Crippen MR) is 86.4 cm³/mol. The van der Waals surface area contributed by atoms with Crippen molar-refractivity contribution in [3.8, 4) is 0 Å². The van der Waals surface area contributed by atoms with Crippen molar-refractivity contribution in [2.45, 2.75) is 13.8 Å². The van der Waals surface area contributed by atoms with Crippen LogP contribution in [-0.2, 0) is 23.9 Å². The molecule has 0 radical (unpaired) electrons. The number of hydrogen-bond donors (Lipinski definition) is 0. The minimum absolute atomic E-state index is 0.375. The highest BCUT2D eigenvalue weighted by Crippen LogP contribution is 2.36. The number of ether oxygens (including phenoxy) is 2. The lowest BCUT2D eigenvalue weighted by atomic mass is 9.70. The van der Waals surface area contributed by atoms with Crippen LogP contribution in [0.1, 0.15) is 13.8 Å². The fourth-order valence-corrected chi connectivity index (χ4v) is 2.64. The van der Waals surface area contributed by atoms with Crippen molar-refractivity contribution in [2.24, 2.45) is 17.8 Å². The fourth-order valence-electron chi connectivity index (χ4n) is 2.64. The Morgan fingerprint density at radius 2 is 1.61 bits per heavy atom. The number of carbonyl (C=O) groups excluding carboxylic acids is 3. The molecular weight excluding hydrogens is 296 g/mol. The number of rotatable bonds is 5. The summed E-state index contributed by atoms with van der Waals surface area (Å²) in [4.78, 5) is 36.6. The van der Waals surface area contributed by atoms with E-state index in [1.807, 2.05) is 13.0 Å². The Morgan fingerprint density at radius 1 is 1.00 bits per heavy atom. The van der Waals surface area contributed by atoms with Crippen LogP contribution >= 0.6 is 0 Å². The Labute approximate surface area is 136 Å². The van der Waals surface area contributed by atoms with Gasteiger partial charge in [-0.3, -0.25) is 14.4 Å². The second-order valence-corrected chi connectivity index (χ2v) is 5.04. The quantitative estimate of drug-likeness (QED) is 0.337. The van der Waals surface area contributed by atoms with E-state index in [0.29, 0.717) is 5.57 Å². The molecule has 0 spiro atoms. The second kappa shape index (κ2) is 8.88. The zero-order valence-electron chi connectivity index (χ0n) is 13.8. The maximum atomic E-state index is 12.4. The molecule has 0 aromatic rings. The van der Waals surface area contributed by atoms with Gasteiger partial charge in [0.15, 0.2) is 5.78 Å². The van der Waals surface area contributed by atoms with Gasteiger partial charge in [-0.2, -0.15) is 0 Å². The lowest BCUT2D eigenvalue weighted by Crippen LogP contribution is -2.42. The molecule has 0 amide bonds. The smallest absolute Gasteiger partial charge is 0.317 e. The molecule has 1 aliphatic rings. The summed E-state index contributed by atoms with van der Waals surface area (Å²) < 4.78 is 9.60. The SMILES string of the molecule is C/C=C/C=C/C1=CC(=O)C(C(=O)OC)C(/C=C/C)C1C(=O)OC. The van der Waals surface area contributed by atoms with Crippen LogP contribution in [0.2, 0.25) is 0 Å². The molecule has 0 heterocycles. The van der Waals surface area contributed by atoms with E-state index in [4.69, 9.17) is 9.47 Å². The maximum absolute atomic E-state index is 12.4. The highest BCUT2D eigenvalue weighted by molar-refractivity contribution is 6.08. The zero-order valence-corrected chi connectivity index (χ0v) is 13.8. The third kappa shape index (κ3) is 4.28. The molecule has 0 saturated heterocycles. The molecule has 5 heteroatoms. The van der Waals surface area contributed by atoms with E-state index in [0.717, 1.165) is 0 Å². The van der Waals surface area contributed by atoms with Crippen molar-refractivity contribution >= 4 is 17.7 Å². The summed E-state index contributed by atoms with van der Waals surface area (Å²) in [5.74, 6) is -3.94. The number of esters is 2. The molecular formula is C18H22O5. The van der Waals surface area contributed by atoms with E-state index in [2.05, 4.69) is 0 Å². The highest BCUT2D eigenvalue weighted by atomic mass is 16.5. The molecule has 1 aliphatic carbocycles. The third-order valence-corrected chi connectivity index (χ3v) is 3.66. The maximum Gasteiger partial charge on any atom is 0.317 e. The summed E-state index contributed by atoms with van der Waals surface area (Å²) in [6.45, 7) is 3.62. The number of allylic oxidation sites excluding steroid dienone is 7. The number of hydrogen-bond acceptors (Lipinski definition) is 5. The standard InChI is InChI=1S/C18H22O5/c1-5-7-8-10-12-11-14(19)16(18(21)23-4)13(9-6-2)15(12)17(20)22-3/h5-11,13,15-16H,1-4H3/b7-5+,9-6+,10-8+. The van der Waals surface area contributed by atoms with E-state index >= 15 is 0 Å². The normalized spacial score (nSPS) is 25.1. The molecule has 0 N–H and O–H groups in total. The van der Waals surface area contributed by atoms with Gasteiger partial charge in [0.2, 0.25) is 0 Å². The van der Waals surface area contributed by atoms with Crippen LogP contribution < -0.4 is 0 Å². The monoisotopic (exact) mass is 318 g/mol. The van der Waals surface area contributed by atoms with Crippen molar-refractivity contribution in [2.75, 3.05) is 14.2 Å². The molecule has 23 heavy (non-hydrogen) atoms. The first-order valence-electron chi connectivity index (χ1n) is 7.35. The molecule has 5 nitrogen and oxygen atoms in total. The summed E-state index contributed by atoms with van der Waals surface area (Å²) in [5.41, 5.74) is 0.517. The number of methoxy groups -OCH3 is 2. The van der Waals surface area contributed by atoms with Crippen LogP contribution in [-0.4, -0.2) is 31.9 Å². The van der Waals surface area contributed by atoms with E-state index < -0.39 is 29.7 Å². The van der Waals surface area contributed by atoms with Gasteiger partial charge in [-0.15, -0.1) is 0 Å². The molecule has 3 atom stereocenters. The topological polar surface area (TPSA) is 69.7 Å². The van der Waals surface area contributed by atoms with E-state index in [1.54, 1.807) is 37.3 Å². The van der Waals surface area contributed by atoms with Crippen LogP contribution in [0.5, 0.6) is 0 Å². The van der Waals surface area contributed by atoms with Crippen LogP contribution in [0.3, 0.4) is 0 Å². The van der Waals surface area contributed by atoms with Crippen molar-refractivity contribution in [3.63, 3.8) is 0 Å². The molecule has 3 unspecified atom stereocenters. The van der Waals surface area contributed by atoms with Crippen LogP contribution in [0.25, 0.3) is 0 Å². The lowest BCUT2D eigenvalue weighted by Gasteiger charge is -2.31. The zero-order chi connectivity index (χ0) is 17.4. The average molecular weight is 318 g/mol. The third-order valence-electron chi connectivity index (χ3n) is 3.66. The lowest BCUT2D eigenvalue weighted by molar-refractivity contribution is -0.153. The first-order valence-corrected chi connectivity index (χ1v) is 7.35. The molecule has 0 aliphatic heterocycles. The molecule has 1 rings (SSSR count). The first kappa shape index (κ1) is 18.6. The van der Waals surface area contributed by atoms with Crippen LogP contribution in [0, 0.1) is 17.8 Å². The molecule has 0 aromatic heterocycles. The van der Waals surface area contributed by atoms with Crippen molar-refractivity contribution in [3.05, 3.63) is 48.1 Å². The first-order chi connectivity index (χ1) is 11.0. The Balaban J connectivity index is 3.42. The summed E-state index contributed by atoms with van der Waals surface area (Å²) in [5, 5.41) is 0. The van der Waals surface area contributed by atoms with Gasteiger partial charge < -0.3 is 9.47 Å². The largest absolute Gasteiger partial charge is 0.469 e. The van der Waals surface area contributed by atoms with Crippen molar-refractivity contribution in [1.82, 2.24) is 0 Å². The van der Waals surface area contributed by atoms with Gasteiger partial charge in [-0.25, -0.2) is 0 Å². The van der Waals surface area contributed by atoms with Crippen LogP contribution in [0.15, 0.2) is 48.1 Å². The minimum atomic E-state index is -1.04. The Bertz CT molecular complexity index is 580. The Kier molecular flexibility index (Phi) is 7.19. The van der Waals surface area contributed by atoms with Gasteiger partial charge in [-0.05, 0) is 25.5 Å². The minimum Gasteiger partial charge on any atom is -0.469 e. The van der Waals surface area contributed by atoms with Gasteiger partial charge in [0.1, 0.15) is 5.92 Å². The second-order valence-electron chi connectivity index (χ2n) is 5.04. The Morgan fingerprint density at radius 3 is 2.13 bits per heavy atom. The Hall–Kier alpha value is -2.43. The van der Waals surface area contributed by atoms with Crippen molar-refractivity contribution < 1.29 is 23.9 Å². The van der Waals surface area contributed by atoms with Gasteiger partial charge in [0, 0.05) is 5.92 Å². The van der Waals surface area contributed by atoms with E-state index in [-0.39, 0.29) is 5.78 Å². The molecule has 0 bridgehead atoms. The summed E-state index contributed by atoms with van der Waals surface area (Å²) >= 11 is 0. The van der Waals surface area contributed by atoms with E-state index in [1.165, 1.54) is 20.3 Å². The van der Waals surface area contributed by atoms with Gasteiger partial charge in [0.25, 0.3) is 0 Å². The average Bonchev–Trinajstić information content (AvgIpc) is 2.54.